The number of anilines is 1. The molecule has 1 aromatic heterocycles. The lowest BCUT2D eigenvalue weighted by atomic mass is 9.85. The molecule has 2 heterocycles. The van der Waals surface area contributed by atoms with Gasteiger partial charge in [0, 0.05) is 28.3 Å². The molecule has 2 aliphatic rings. The Hall–Kier alpha value is -2.34. The maximum Gasteiger partial charge on any atom is 0.226 e. The van der Waals surface area contributed by atoms with Gasteiger partial charge in [0.25, 0.3) is 0 Å². The Labute approximate surface area is 182 Å². The van der Waals surface area contributed by atoms with E-state index in [9.17, 15) is 4.79 Å². The van der Waals surface area contributed by atoms with Crippen molar-refractivity contribution in [3.8, 4) is 11.4 Å². The number of fused-ring (bicyclic) bond motifs is 1. The summed E-state index contributed by atoms with van der Waals surface area (Å²) in [5, 5.41) is 9.59. The molecule has 29 heavy (non-hydrogen) atoms. The van der Waals surface area contributed by atoms with Crippen molar-refractivity contribution >= 4 is 46.5 Å². The summed E-state index contributed by atoms with van der Waals surface area (Å²) < 4.78 is 1.77. The number of carbonyl (C=O) groups excluding carboxylic acids is 1. The maximum atomic E-state index is 12.8. The maximum absolute atomic E-state index is 12.8. The predicted octanol–water partition coefficient (Wildman–Crippen LogP) is 5.93. The van der Waals surface area contributed by atoms with Gasteiger partial charge >= 0.3 is 0 Å². The average Bonchev–Trinajstić information content (AvgIpc) is 3.13. The first-order valence-corrected chi connectivity index (χ1v) is 10.4. The molecule has 8 heteroatoms. The standard InChI is InChI=1S/C21H15Cl3N4O/c22-13-7-4-11(5-8-13)19-18-16(2-1-3-17(18)29)25-21-26-20(27-28(19)21)12-6-9-14(23)15(24)10-12/h4-10,19H,1-3H2,(H,25,26,27). The summed E-state index contributed by atoms with van der Waals surface area (Å²) in [4.78, 5) is 17.5. The van der Waals surface area contributed by atoms with Crippen molar-refractivity contribution < 1.29 is 4.79 Å². The zero-order chi connectivity index (χ0) is 20.1. The fourth-order valence-electron chi connectivity index (χ4n) is 3.87. The van der Waals surface area contributed by atoms with Gasteiger partial charge in [-0.15, -0.1) is 5.10 Å². The molecule has 0 radical (unpaired) electrons. The smallest absolute Gasteiger partial charge is 0.226 e. The van der Waals surface area contributed by atoms with Crippen LogP contribution in [0.3, 0.4) is 0 Å². The fourth-order valence-corrected chi connectivity index (χ4v) is 4.29. The summed E-state index contributed by atoms with van der Waals surface area (Å²) in [6, 6.07) is 12.4. The normalized spacial score (nSPS) is 18.3. The molecule has 0 amide bonds. The van der Waals surface area contributed by atoms with Crippen molar-refractivity contribution in [2.45, 2.75) is 25.3 Å². The van der Waals surface area contributed by atoms with Crippen molar-refractivity contribution in [3.05, 3.63) is 74.4 Å². The van der Waals surface area contributed by atoms with Crippen LogP contribution < -0.4 is 5.32 Å². The van der Waals surface area contributed by atoms with E-state index in [1.54, 1.807) is 16.8 Å². The Morgan fingerprint density at radius 2 is 1.79 bits per heavy atom. The van der Waals surface area contributed by atoms with E-state index in [4.69, 9.17) is 39.9 Å². The molecule has 146 valence electrons. The van der Waals surface area contributed by atoms with E-state index in [0.717, 1.165) is 35.2 Å². The summed E-state index contributed by atoms with van der Waals surface area (Å²) in [6.45, 7) is 0. The van der Waals surface area contributed by atoms with Crippen molar-refractivity contribution in [1.29, 1.82) is 0 Å². The van der Waals surface area contributed by atoms with Gasteiger partial charge in [-0.3, -0.25) is 4.79 Å². The third kappa shape index (κ3) is 3.23. The zero-order valence-electron chi connectivity index (χ0n) is 15.1. The number of aromatic nitrogens is 3. The molecule has 5 rings (SSSR count). The van der Waals surface area contributed by atoms with Crippen LogP contribution in [0.2, 0.25) is 15.1 Å². The molecule has 3 aromatic rings. The molecule has 1 atom stereocenters. The molecule has 5 nitrogen and oxygen atoms in total. The van der Waals surface area contributed by atoms with Crippen LogP contribution in [0.5, 0.6) is 0 Å². The van der Waals surface area contributed by atoms with Gasteiger partial charge in [0.05, 0.1) is 10.0 Å². The van der Waals surface area contributed by atoms with Crippen LogP contribution in [0.1, 0.15) is 30.9 Å². The molecule has 1 aliphatic carbocycles. The number of hydrogen-bond acceptors (Lipinski definition) is 4. The summed E-state index contributed by atoms with van der Waals surface area (Å²) in [5.74, 6) is 1.24. The number of ketones is 1. The first-order valence-electron chi connectivity index (χ1n) is 9.22. The summed E-state index contributed by atoms with van der Waals surface area (Å²) >= 11 is 18.3. The van der Waals surface area contributed by atoms with E-state index in [-0.39, 0.29) is 11.8 Å². The lowest BCUT2D eigenvalue weighted by molar-refractivity contribution is -0.116. The van der Waals surface area contributed by atoms with Gasteiger partial charge < -0.3 is 5.32 Å². The molecule has 0 bridgehead atoms. The number of hydrogen-bond donors (Lipinski definition) is 1. The Balaban J connectivity index is 1.67. The quantitative estimate of drug-likeness (QED) is 0.531. The first-order chi connectivity index (χ1) is 14.0. The number of rotatable bonds is 2. The minimum Gasteiger partial charge on any atom is -0.328 e. The highest BCUT2D eigenvalue weighted by atomic mass is 35.5. The van der Waals surface area contributed by atoms with Crippen LogP contribution in [-0.4, -0.2) is 20.5 Å². The van der Waals surface area contributed by atoms with Crippen LogP contribution in [0, 0.1) is 0 Å². The van der Waals surface area contributed by atoms with Crippen LogP contribution in [0.25, 0.3) is 11.4 Å². The predicted molar refractivity (Wildman–Crippen MR) is 115 cm³/mol. The number of nitrogens with zero attached hydrogens (tertiary/aromatic N) is 3. The monoisotopic (exact) mass is 444 g/mol. The number of allylic oxidation sites excluding steroid dienone is 2. The average molecular weight is 446 g/mol. The molecule has 2 aromatic carbocycles. The number of carbonyl (C=O) groups is 1. The zero-order valence-corrected chi connectivity index (χ0v) is 17.4. The Morgan fingerprint density at radius 1 is 1.00 bits per heavy atom. The highest BCUT2D eigenvalue weighted by Gasteiger charge is 2.36. The lowest BCUT2D eigenvalue weighted by Crippen LogP contribution is -2.31. The van der Waals surface area contributed by atoms with E-state index in [1.807, 2.05) is 30.3 Å². The van der Waals surface area contributed by atoms with E-state index in [1.165, 1.54) is 0 Å². The third-order valence-corrected chi connectivity index (χ3v) is 6.22. The van der Waals surface area contributed by atoms with Crippen LogP contribution in [0.15, 0.2) is 53.7 Å². The minimum atomic E-state index is -0.352. The van der Waals surface area contributed by atoms with Crippen LogP contribution >= 0.6 is 34.8 Å². The summed E-state index contributed by atoms with van der Waals surface area (Å²) in [7, 11) is 0. The fraction of sp³-hybridized carbons (Fsp3) is 0.190. The molecular formula is C21H15Cl3N4O. The number of benzene rings is 2. The van der Waals surface area contributed by atoms with Crippen molar-refractivity contribution in [1.82, 2.24) is 14.8 Å². The van der Waals surface area contributed by atoms with E-state index < -0.39 is 0 Å². The van der Waals surface area contributed by atoms with E-state index in [0.29, 0.717) is 33.3 Å². The largest absolute Gasteiger partial charge is 0.328 e. The Morgan fingerprint density at radius 3 is 2.55 bits per heavy atom. The second kappa shape index (κ2) is 7.17. The SMILES string of the molecule is O=C1CCCC2=C1C(c1ccc(Cl)cc1)n1nc(-c3ccc(Cl)c(Cl)c3)nc1N2. The molecule has 1 N–H and O–H groups in total. The van der Waals surface area contributed by atoms with Crippen molar-refractivity contribution in [2.75, 3.05) is 5.32 Å². The van der Waals surface area contributed by atoms with E-state index in [2.05, 4.69) is 10.3 Å². The molecule has 0 saturated carbocycles. The van der Waals surface area contributed by atoms with Crippen LogP contribution in [-0.2, 0) is 4.79 Å². The summed E-state index contributed by atoms with van der Waals surface area (Å²) in [5.41, 5.74) is 3.35. The second-order valence-electron chi connectivity index (χ2n) is 7.08. The molecule has 0 saturated heterocycles. The highest BCUT2D eigenvalue weighted by Crippen LogP contribution is 2.41. The number of halogens is 3. The highest BCUT2D eigenvalue weighted by molar-refractivity contribution is 6.42. The van der Waals surface area contributed by atoms with Crippen molar-refractivity contribution in [2.24, 2.45) is 0 Å². The molecule has 0 fully saturated rings. The van der Waals surface area contributed by atoms with Gasteiger partial charge in [-0.05, 0) is 48.7 Å². The minimum absolute atomic E-state index is 0.135. The van der Waals surface area contributed by atoms with Gasteiger partial charge in [-0.1, -0.05) is 46.9 Å². The number of nitrogens with one attached hydrogen (secondary N) is 1. The van der Waals surface area contributed by atoms with Gasteiger partial charge in [0.2, 0.25) is 5.95 Å². The lowest BCUT2D eigenvalue weighted by Gasteiger charge is -2.32. The van der Waals surface area contributed by atoms with Crippen molar-refractivity contribution in [3.63, 3.8) is 0 Å². The Bertz CT molecular complexity index is 1170. The summed E-state index contributed by atoms with van der Waals surface area (Å²) in [6.07, 6.45) is 2.17. The third-order valence-electron chi connectivity index (χ3n) is 5.23. The topological polar surface area (TPSA) is 59.8 Å². The second-order valence-corrected chi connectivity index (χ2v) is 8.33. The molecule has 1 unspecified atom stereocenters. The van der Waals surface area contributed by atoms with Gasteiger partial charge in [-0.25, -0.2) is 4.68 Å². The molecule has 0 spiro atoms. The van der Waals surface area contributed by atoms with Gasteiger partial charge in [0.1, 0.15) is 6.04 Å². The Kier molecular flexibility index (Phi) is 4.62. The van der Waals surface area contributed by atoms with Crippen LogP contribution in [0.4, 0.5) is 5.95 Å². The molecular weight excluding hydrogens is 431 g/mol. The van der Waals surface area contributed by atoms with Gasteiger partial charge in [0.15, 0.2) is 11.6 Å². The molecule has 1 aliphatic heterocycles. The first kappa shape index (κ1) is 18.7. The van der Waals surface area contributed by atoms with E-state index >= 15 is 0 Å². The number of Topliss-reactive ketones (excluding diaryl/α,β-unsaturated/α-hetero) is 1. The van der Waals surface area contributed by atoms with Gasteiger partial charge in [-0.2, -0.15) is 4.98 Å².